The van der Waals surface area contributed by atoms with Crippen LogP contribution in [0.3, 0.4) is 0 Å². The second kappa shape index (κ2) is 12.2. The normalized spacial score (nSPS) is 17.5. The average molecular weight is 353 g/mol. The van der Waals surface area contributed by atoms with E-state index >= 15 is 0 Å². The van der Waals surface area contributed by atoms with Crippen LogP contribution in [-0.2, 0) is 9.47 Å². The zero-order chi connectivity index (χ0) is 19.6. The Morgan fingerprint density at radius 1 is 0.625 bits per heavy atom. The molecule has 0 aliphatic carbocycles. The maximum atomic E-state index is 9.83. The molecule has 4 N–H and O–H groups in total. The number of hydrogen-bond acceptors (Lipinski definition) is 6. The molecule has 0 saturated carbocycles. The molecule has 0 bridgehead atoms. The third-order valence-electron chi connectivity index (χ3n) is 3.30. The smallest absolute Gasteiger partial charge is 0.159 e. The van der Waals surface area contributed by atoms with Gasteiger partial charge < -0.3 is 29.9 Å². The first kappa shape index (κ1) is 26.0. The molecular formula is C18H40O6. The van der Waals surface area contributed by atoms with Crippen LogP contribution in [0, 0.1) is 10.8 Å². The van der Waals surface area contributed by atoms with Crippen molar-refractivity contribution < 1.29 is 29.9 Å². The molecule has 0 spiro atoms. The Morgan fingerprint density at radius 3 is 1.08 bits per heavy atom. The molecule has 0 aromatic carbocycles. The van der Waals surface area contributed by atoms with Crippen molar-refractivity contribution in [1.29, 1.82) is 0 Å². The van der Waals surface area contributed by atoms with Gasteiger partial charge in [0.25, 0.3) is 0 Å². The van der Waals surface area contributed by atoms with Crippen LogP contribution in [-0.4, -0.2) is 58.4 Å². The predicted molar refractivity (Wildman–Crippen MR) is 95.4 cm³/mol. The number of rotatable bonds is 9. The van der Waals surface area contributed by atoms with E-state index in [4.69, 9.17) is 9.47 Å². The Labute approximate surface area is 147 Å². The summed E-state index contributed by atoms with van der Waals surface area (Å²) in [6.45, 7) is 15.4. The second-order valence-corrected chi connectivity index (χ2v) is 7.89. The van der Waals surface area contributed by atoms with Gasteiger partial charge in [-0.3, -0.25) is 0 Å². The minimum absolute atomic E-state index is 0.155. The molecule has 0 amide bonds. The summed E-state index contributed by atoms with van der Waals surface area (Å²) in [4.78, 5) is 0. The maximum Gasteiger partial charge on any atom is 0.159 e. The van der Waals surface area contributed by atoms with Gasteiger partial charge in [0.15, 0.2) is 12.6 Å². The van der Waals surface area contributed by atoms with Gasteiger partial charge in [0.05, 0.1) is 25.4 Å². The first-order valence-corrected chi connectivity index (χ1v) is 8.81. The monoisotopic (exact) mass is 352 g/mol. The summed E-state index contributed by atoms with van der Waals surface area (Å²) in [5.41, 5.74) is -0.777. The van der Waals surface area contributed by atoms with Crippen molar-refractivity contribution in [3.05, 3.63) is 0 Å². The lowest BCUT2D eigenvalue weighted by Crippen LogP contribution is -2.34. The minimum Gasteiger partial charge on any atom is -0.390 e. The summed E-state index contributed by atoms with van der Waals surface area (Å²) in [7, 11) is 0. The Kier molecular flexibility index (Phi) is 13.2. The molecule has 148 valence electrons. The van der Waals surface area contributed by atoms with Gasteiger partial charge in [0, 0.05) is 10.8 Å². The van der Waals surface area contributed by atoms with Gasteiger partial charge in [-0.2, -0.15) is 0 Å². The van der Waals surface area contributed by atoms with Crippen LogP contribution in [0.5, 0.6) is 0 Å². The van der Waals surface area contributed by atoms with Crippen molar-refractivity contribution >= 4 is 0 Å². The Hall–Kier alpha value is -0.240. The van der Waals surface area contributed by atoms with E-state index in [1.165, 1.54) is 0 Å². The average Bonchev–Trinajstić information content (AvgIpc) is 2.46. The van der Waals surface area contributed by atoms with E-state index in [9.17, 15) is 20.4 Å². The quantitative estimate of drug-likeness (QED) is 0.475. The summed E-state index contributed by atoms with van der Waals surface area (Å²) in [6.07, 6.45) is -3.30. The van der Waals surface area contributed by atoms with Gasteiger partial charge in [-0.15, -0.1) is 0 Å². The van der Waals surface area contributed by atoms with Crippen molar-refractivity contribution in [2.45, 2.75) is 93.0 Å². The van der Waals surface area contributed by atoms with Gasteiger partial charge in [0.1, 0.15) is 0 Å². The number of ether oxygens (including phenoxy) is 2. The Balaban J connectivity index is 0. The number of aliphatic hydroxyl groups excluding tert-OH is 4. The molecule has 4 unspecified atom stereocenters. The molecule has 24 heavy (non-hydrogen) atoms. The highest BCUT2D eigenvalue weighted by molar-refractivity contribution is 4.70. The van der Waals surface area contributed by atoms with Gasteiger partial charge in [-0.1, -0.05) is 55.4 Å². The summed E-state index contributed by atoms with van der Waals surface area (Å²) in [5.74, 6) is 0. The van der Waals surface area contributed by atoms with Crippen molar-refractivity contribution in [2.75, 3.05) is 13.2 Å². The molecule has 0 heterocycles. The molecule has 4 atom stereocenters. The predicted octanol–water partition coefficient (Wildman–Crippen LogP) is 2.28. The molecule has 0 aliphatic rings. The third kappa shape index (κ3) is 12.2. The van der Waals surface area contributed by atoms with Crippen LogP contribution in [0.25, 0.3) is 0 Å². The van der Waals surface area contributed by atoms with Crippen LogP contribution in [0.2, 0.25) is 0 Å². The standard InChI is InChI=1S/C16H34O6.C2H6/c1-15(2,3)13(19)21-9-7-11(17)12(18)8-10-22-14(20)16(4,5)6;1-2/h11-14,17-20H,7-10H2,1-6H3;1-2H3. The molecule has 0 radical (unpaired) electrons. The summed E-state index contributed by atoms with van der Waals surface area (Å²) in [6, 6.07) is 0. The highest BCUT2D eigenvalue weighted by Gasteiger charge is 2.25. The molecule has 0 aliphatic heterocycles. The fourth-order valence-corrected chi connectivity index (χ4v) is 1.49. The van der Waals surface area contributed by atoms with Crippen LogP contribution in [0.4, 0.5) is 0 Å². The van der Waals surface area contributed by atoms with Crippen molar-refractivity contribution in [3.8, 4) is 0 Å². The van der Waals surface area contributed by atoms with E-state index in [1.54, 1.807) is 0 Å². The topological polar surface area (TPSA) is 99.4 Å². The largest absolute Gasteiger partial charge is 0.390 e. The van der Waals surface area contributed by atoms with E-state index in [0.717, 1.165) is 0 Å². The Morgan fingerprint density at radius 2 is 0.875 bits per heavy atom. The van der Waals surface area contributed by atoms with E-state index in [1.807, 2.05) is 55.4 Å². The molecule has 0 rings (SSSR count). The Bertz CT molecular complexity index is 265. The summed E-state index contributed by atoms with van der Waals surface area (Å²) < 4.78 is 10.5. The van der Waals surface area contributed by atoms with Crippen LogP contribution >= 0.6 is 0 Å². The lowest BCUT2D eigenvalue weighted by molar-refractivity contribution is -0.170. The first-order chi connectivity index (χ1) is 10.9. The lowest BCUT2D eigenvalue weighted by Gasteiger charge is -2.27. The first-order valence-electron chi connectivity index (χ1n) is 8.81. The molecule has 0 fully saturated rings. The molecule has 6 heteroatoms. The lowest BCUT2D eigenvalue weighted by atomic mass is 9.96. The van der Waals surface area contributed by atoms with Gasteiger partial charge in [-0.05, 0) is 12.8 Å². The fraction of sp³-hybridized carbons (Fsp3) is 1.00. The minimum atomic E-state index is -0.956. The second-order valence-electron chi connectivity index (χ2n) is 7.89. The van der Waals surface area contributed by atoms with Crippen LogP contribution < -0.4 is 0 Å². The van der Waals surface area contributed by atoms with Crippen LogP contribution in [0.1, 0.15) is 68.2 Å². The highest BCUT2D eigenvalue weighted by Crippen LogP contribution is 2.21. The van der Waals surface area contributed by atoms with Crippen LogP contribution in [0.15, 0.2) is 0 Å². The molecule has 0 saturated heterocycles. The summed E-state index contributed by atoms with van der Waals surface area (Å²) in [5, 5.41) is 39.1. The molecule has 0 aromatic rings. The maximum absolute atomic E-state index is 9.83. The van der Waals surface area contributed by atoms with Crippen molar-refractivity contribution in [1.82, 2.24) is 0 Å². The van der Waals surface area contributed by atoms with Gasteiger partial charge in [-0.25, -0.2) is 0 Å². The zero-order valence-electron chi connectivity index (χ0n) is 16.7. The third-order valence-corrected chi connectivity index (χ3v) is 3.30. The molecular weight excluding hydrogens is 312 g/mol. The molecule has 0 aromatic heterocycles. The molecule has 6 nitrogen and oxygen atoms in total. The number of hydrogen-bond donors (Lipinski definition) is 4. The van der Waals surface area contributed by atoms with E-state index in [0.29, 0.717) is 0 Å². The summed E-state index contributed by atoms with van der Waals surface area (Å²) >= 11 is 0. The SMILES string of the molecule is CC.CC(C)(C)C(O)OCCC(O)C(O)CCOC(O)C(C)(C)C. The van der Waals surface area contributed by atoms with Crippen molar-refractivity contribution in [2.24, 2.45) is 10.8 Å². The van der Waals surface area contributed by atoms with Crippen molar-refractivity contribution in [3.63, 3.8) is 0 Å². The fourth-order valence-electron chi connectivity index (χ4n) is 1.49. The van der Waals surface area contributed by atoms with E-state index in [-0.39, 0.29) is 36.9 Å². The van der Waals surface area contributed by atoms with E-state index < -0.39 is 24.8 Å². The number of aliphatic hydroxyl groups is 4. The van der Waals surface area contributed by atoms with Gasteiger partial charge in [0.2, 0.25) is 0 Å². The van der Waals surface area contributed by atoms with E-state index in [2.05, 4.69) is 0 Å². The zero-order valence-corrected chi connectivity index (χ0v) is 16.7. The highest BCUT2D eigenvalue weighted by atomic mass is 16.6. The van der Waals surface area contributed by atoms with Gasteiger partial charge >= 0.3 is 0 Å².